The van der Waals surface area contributed by atoms with Crippen molar-refractivity contribution in [3.63, 3.8) is 0 Å². The zero-order valence-electron chi connectivity index (χ0n) is 25.8. The minimum Gasteiger partial charge on any atom is -0.403 e. The van der Waals surface area contributed by atoms with E-state index >= 15 is 0 Å². The summed E-state index contributed by atoms with van der Waals surface area (Å²) in [5.41, 5.74) is 3.61. The van der Waals surface area contributed by atoms with E-state index < -0.39 is 6.04 Å². The SMILES string of the molecule is CN(C)c1ccc(C(=O)NC(CCCCCB2OC(C)(C)C(C)(C)O2)C(=O)Nc2cccc(-c3ccccc3)c2)cc1. The maximum atomic E-state index is 13.5. The molecule has 1 saturated heterocycles. The monoisotopic (exact) mass is 569 g/mol. The number of nitrogens with one attached hydrogen (secondary N) is 2. The summed E-state index contributed by atoms with van der Waals surface area (Å²) in [6.45, 7) is 8.23. The lowest BCUT2D eigenvalue weighted by atomic mass is 9.82. The Balaban J connectivity index is 1.39. The van der Waals surface area contributed by atoms with Crippen molar-refractivity contribution >= 4 is 30.3 Å². The lowest BCUT2D eigenvalue weighted by Crippen LogP contribution is -2.43. The Morgan fingerprint density at radius 2 is 1.45 bits per heavy atom. The number of anilines is 2. The van der Waals surface area contributed by atoms with Gasteiger partial charge >= 0.3 is 7.12 Å². The lowest BCUT2D eigenvalue weighted by Gasteiger charge is -2.32. The van der Waals surface area contributed by atoms with Crippen LogP contribution in [0, 0.1) is 0 Å². The quantitative estimate of drug-likeness (QED) is 0.185. The number of amides is 2. The van der Waals surface area contributed by atoms with Crippen molar-refractivity contribution in [1.82, 2.24) is 5.32 Å². The van der Waals surface area contributed by atoms with Crippen LogP contribution in [0.15, 0.2) is 78.9 Å². The molecule has 4 rings (SSSR count). The number of carbonyl (C=O) groups is 2. The van der Waals surface area contributed by atoms with Gasteiger partial charge in [0.05, 0.1) is 11.2 Å². The van der Waals surface area contributed by atoms with Gasteiger partial charge in [-0.05, 0) is 88.0 Å². The van der Waals surface area contributed by atoms with Gasteiger partial charge < -0.3 is 24.8 Å². The first-order chi connectivity index (χ1) is 19.9. The van der Waals surface area contributed by atoms with Crippen LogP contribution in [0.5, 0.6) is 0 Å². The second-order valence-electron chi connectivity index (χ2n) is 12.2. The third-order valence-electron chi connectivity index (χ3n) is 8.24. The Labute approximate surface area is 251 Å². The molecule has 1 aliphatic heterocycles. The predicted molar refractivity (Wildman–Crippen MR) is 172 cm³/mol. The number of hydrogen-bond donors (Lipinski definition) is 2. The maximum absolute atomic E-state index is 13.5. The van der Waals surface area contributed by atoms with Gasteiger partial charge in [-0.3, -0.25) is 9.59 Å². The average molecular weight is 570 g/mol. The molecule has 0 saturated carbocycles. The molecule has 0 radical (unpaired) electrons. The Morgan fingerprint density at radius 1 is 0.810 bits per heavy atom. The van der Waals surface area contributed by atoms with E-state index in [1.807, 2.05) is 85.7 Å². The summed E-state index contributed by atoms with van der Waals surface area (Å²) < 4.78 is 12.2. The minimum atomic E-state index is -0.678. The third kappa shape index (κ3) is 8.02. The van der Waals surface area contributed by atoms with Gasteiger partial charge in [0.25, 0.3) is 5.91 Å². The van der Waals surface area contributed by atoms with Crippen molar-refractivity contribution in [3.8, 4) is 11.1 Å². The van der Waals surface area contributed by atoms with Crippen LogP contribution in [0.2, 0.25) is 6.32 Å². The molecule has 3 aromatic carbocycles. The lowest BCUT2D eigenvalue weighted by molar-refractivity contribution is -0.118. The van der Waals surface area contributed by atoms with Gasteiger partial charge in [0.2, 0.25) is 5.91 Å². The van der Waals surface area contributed by atoms with Crippen LogP contribution in [0.25, 0.3) is 11.1 Å². The Kier molecular flexibility index (Phi) is 10.1. The fraction of sp³-hybridized carbons (Fsp3) is 0.412. The van der Waals surface area contributed by atoms with Gasteiger partial charge in [-0.1, -0.05) is 61.7 Å². The number of unbranched alkanes of at least 4 members (excludes halogenated alkanes) is 2. The number of benzene rings is 3. The highest BCUT2D eigenvalue weighted by Gasteiger charge is 2.50. The molecule has 3 aromatic rings. The van der Waals surface area contributed by atoms with Gasteiger partial charge in [0.1, 0.15) is 6.04 Å². The van der Waals surface area contributed by atoms with Gasteiger partial charge in [-0.2, -0.15) is 0 Å². The van der Waals surface area contributed by atoms with E-state index in [4.69, 9.17) is 9.31 Å². The zero-order valence-corrected chi connectivity index (χ0v) is 25.8. The van der Waals surface area contributed by atoms with Crippen LogP contribution in [-0.4, -0.2) is 50.3 Å². The Morgan fingerprint density at radius 3 is 2.10 bits per heavy atom. The normalized spacial score (nSPS) is 16.1. The zero-order chi connectivity index (χ0) is 30.3. The molecule has 1 fully saturated rings. The summed E-state index contributed by atoms with van der Waals surface area (Å²) in [5, 5.41) is 6.02. The van der Waals surface area contributed by atoms with Crippen molar-refractivity contribution in [2.24, 2.45) is 0 Å². The van der Waals surface area contributed by atoms with Gasteiger partial charge in [0.15, 0.2) is 0 Å². The first kappa shape index (κ1) is 31.3. The van der Waals surface area contributed by atoms with Crippen molar-refractivity contribution in [2.45, 2.75) is 76.9 Å². The van der Waals surface area contributed by atoms with Gasteiger partial charge in [0, 0.05) is 31.0 Å². The summed E-state index contributed by atoms with van der Waals surface area (Å²) in [6, 6.07) is 24.5. The largest absolute Gasteiger partial charge is 0.457 e. The topological polar surface area (TPSA) is 79.9 Å². The maximum Gasteiger partial charge on any atom is 0.457 e. The van der Waals surface area contributed by atoms with Crippen molar-refractivity contribution in [3.05, 3.63) is 84.4 Å². The summed E-state index contributed by atoms with van der Waals surface area (Å²) >= 11 is 0. The fourth-order valence-corrected chi connectivity index (χ4v) is 4.98. The summed E-state index contributed by atoms with van der Waals surface area (Å²) in [7, 11) is 3.68. The molecule has 0 aromatic heterocycles. The van der Waals surface area contributed by atoms with E-state index in [2.05, 4.69) is 38.3 Å². The first-order valence-electron chi connectivity index (χ1n) is 14.9. The van der Waals surface area contributed by atoms with E-state index in [9.17, 15) is 9.59 Å². The highest BCUT2D eigenvalue weighted by Crippen LogP contribution is 2.38. The van der Waals surface area contributed by atoms with Gasteiger partial charge in [-0.15, -0.1) is 0 Å². The second-order valence-corrected chi connectivity index (χ2v) is 12.2. The Bertz CT molecular complexity index is 1330. The van der Waals surface area contributed by atoms with Crippen molar-refractivity contribution in [2.75, 3.05) is 24.3 Å². The minimum absolute atomic E-state index is 0.226. The molecular formula is C34H44BN3O4. The van der Waals surface area contributed by atoms with Crippen LogP contribution in [-0.2, 0) is 14.1 Å². The standard InChI is InChI=1S/C34H44BN3O4/c1-33(2)34(3,4)42-35(41-33)23-12-8-11-18-30(37-31(39)26-19-21-29(22-20-26)38(5)6)32(40)36-28-17-13-16-27(24-28)25-14-9-7-10-15-25/h7,9-10,13-17,19-22,24,30H,8,11-12,18,23H2,1-6H3,(H,36,40)(H,37,39). The molecule has 1 unspecified atom stereocenters. The molecule has 42 heavy (non-hydrogen) atoms. The molecule has 2 amide bonds. The fourth-order valence-electron chi connectivity index (χ4n) is 4.98. The van der Waals surface area contributed by atoms with Crippen LogP contribution < -0.4 is 15.5 Å². The van der Waals surface area contributed by atoms with Crippen LogP contribution in [0.1, 0.15) is 63.7 Å². The average Bonchev–Trinajstić information content (AvgIpc) is 3.18. The number of nitrogens with zero attached hydrogens (tertiary/aromatic N) is 1. The summed E-state index contributed by atoms with van der Waals surface area (Å²) in [4.78, 5) is 28.7. The summed E-state index contributed by atoms with van der Waals surface area (Å²) in [5.74, 6) is -0.500. The highest BCUT2D eigenvalue weighted by molar-refractivity contribution is 6.45. The molecule has 0 bridgehead atoms. The molecule has 7 nitrogen and oxygen atoms in total. The molecular weight excluding hydrogens is 525 g/mol. The van der Waals surface area contributed by atoms with E-state index in [0.29, 0.717) is 17.7 Å². The molecule has 1 aliphatic rings. The number of hydrogen-bond acceptors (Lipinski definition) is 5. The van der Waals surface area contributed by atoms with Crippen LogP contribution in [0.3, 0.4) is 0 Å². The molecule has 2 N–H and O–H groups in total. The number of carbonyl (C=O) groups excluding carboxylic acids is 2. The van der Waals surface area contributed by atoms with E-state index in [-0.39, 0.29) is 30.1 Å². The molecule has 0 spiro atoms. The molecule has 0 aliphatic carbocycles. The molecule has 222 valence electrons. The smallest absolute Gasteiger partial charge is 0.403 e. The van der Waals surface area contributed by atoms with E-state index in [0.717, 1.165) is 42.4 Å². The summed E-state index contributed by atoms with van der Waals surface area (Å²) in [6.07, 6.45) is 3.89. The predicted octanol–water partition coefficient (Wildman–Crippen LogP) is 6.81. The van der Waals surface area contributed by atoms with Crippen LogP contribution in [0.4, 0.5) is 11.4 Å². The van der Waals surface area contributed by atoms with E-state index in [1.165, 1.54) is 0 Å². The first-order valence-corrected chi connectivity index (χ1v) is 14.9. The second kappa shape index (κ2) is 13.6. The van der Waals surface area contributed by atoms with Gasteiger partial charge in [-0.25, -0.2) is 0 Å². The Hall–Kier alpha value is -3.62. The number of rotatable bonds is 12. The molecule has 1 heterocycles. The molecule has 1 atom stereocenters. The third-order valence-corrected chi connectivity index (χ3v) is 8.24. The molecule has 8 heteroatoms. The van der Waals surface area contributed by atoms with Crippen molar-refractivity contribution < 1.29 is 18.9 Å². The highest BCUT2D eigenvalue weighted by atomic mass is 16.7. The van der Waals surface area contributed by atoms with E-state index in [1.54, 1.807) is 12.1 Å². The van der Waals surface area contributed by atoms with Crippen molar-refractivity contribution in [1.29, 1.82) is 0 Å². The van der Waals surface area contributed by atoms with Crippen LogP contribution >= 0.6 is 0 Å².